The Morgan fingerprint density at radius 2 is 2.27 bits per heavy atom. The van der Waals surface area contributed by atoms with Crippen molar-refractivity contribution in [3.8, 4) is 0 Å². The molecule has 3 fully saturated rings. The third kappa shape index (κ3) is 1.89. The number of hydrogen-bond acceptors (Lipinski definition) is 6. The van der Waals surface area contributed by atoms with Gasteiger partial charge in [-0.05, 0) is 13.3 Å². The summed E-state index contributed by atoms with van der Waals surface area (Å²) in [5.41, 5.74) is -0.344. The van der Waals surface area contributed by atoms with Crippen LogP contribution in [0, 0.1) is 6.92 Å². The molecule has 22 heavy (non-hydrogen) atoms. The Labute approximate surface area is 132 Å². The van der Waals surface area contributed by atoms with E-state index in [4.69, 9.17) is 4.74 Å². The van der Waals surface area contributed by atoms with Crippen LogP contribution < -0.4 is 0 Å². The van der Waals surface area contributed by atoms with E-state index >= 15 is 0 Å². The number of nitrogens with zero attached hydrogens (tertiary/aromatic N) is 3. The zero-order valence-corrected chi connectivity index (χ0v) is 14.0. The van der Waals surface area contributed by atoms with Crippen molar-refractivity contribution in [1.29, 1.82) is 0 Å². The second-order valence-corrected chi connectivity index (χ2v) is 9.55. The number of carbonyl (C=O) groups is 1. The largest absolute Gasteiger partial charge is 0.365 e. The Bertz CT molecular complexity index is 746. The molecule has 1 aromatic heterocycles. The molecule has 3 aliphatic rings. The number of likely N-dealkylation sites (tertiary alicyclic amines) is 1. The van der Waals surface area contributed by atoms with Gasteiger partial charge in [0.05, 0.1) is 17.7 Å². The number of carbonyl (C=O) groups excluding carboxylic acids is 1. The molecule has 1 aromatic rings. The van der Waals surface area contributed by atoms with Gasteiger partial charge in [0.2, 0.25) is 10.0 Å². The lowest BCUT2D eigenvalue weighted by Gasteiger charge is -2.39. The molecule has 0 unspecified atom stereocenters. The zero-order chi connectivity index (χ0) is 15.7. The highest BCUT2D eigenvalue weighted by atomic mass is 32.2. The smallest absolute Gasteiger partial charge is 0.273 e. The number of aromatic nitrogens is 1. The number of hydrogen-bond donors (Lipinski definition) is 0. The summed E-state index contributed by atoms with van der Waals surface area (Å²) in [4.78, 5) is 18.6. The van der Waals surface area contributed by atoms with Gasteiger partial charge in [0.15, 0.2) is 0 Å². The third-order valence-corrected chi connectivity index (χ3v) is 7.87. The fraction of sp³-hybridized carbons (Fsp3) is 0.692. The van der Waals surface area contributed by atoms with Crippen LogP contribution in [0.2, 0.25) is 0 Å². The Hall–Kier alpha value is -1.03. The Morgan fingerprint density at radius 3 is 2.95 bits per heavy atom. The summed E-state index contributed by atoms with van der Waals surface area (Å²) >= 11 is 1.44. The van der Waals surface area contributed by atoms with Crippen LogP contribution in [-0.2, 0) is 14.8 Å². The van der Waals surface area contributed by atoms with Crippen LogP contribution in [0.4, 0.5) is 0 Å². The normalized spacial score (nSPS) is 36.5. The first-order valence-corrected chi connectivity index (χ1v) is 9.54. The number of aryl methyl sites for hydroxylation is 1. The van der Waals surface area contributed by atoms with Crippen molar-refractivity contribution in [2.75, 3.05) is 26.7 Å². The molecule has 3 aliphatic heterocycles. The lowest BCUT2D eigenvalue weighted by atomic mass is 9.99. The molecule has 3 saturated heterocycles. The quantitative estimate of drug-likeness (QED) is 0.721. The van der Waals surface area contributed by atoms with E-state index in [0.29, 0.717) is 31.7 Å². The van der Waals surface area contributed by atoms with Crippen molar-refractivity contribution in [2.24, 2.45) is 0 Å². The van der Waals surface area contributed by atoms with Gasteiger partial charge in [0, 0.05) is 25.5 Å². The van der Waals surface area contributed by atoms with Gasteiger partial charge >= 0.3 is 0 Å². The molecular weight excluding hydrogens is 326 g/mol. The molecule has 0 N–H and O–H groups in total. The Kier molecular flexibility index (Phi) is 2.98. The molecule has 4 heterocycles. The zero-order valence-electron chi connectivity index (χ0n) is 12.4. The van der Waals surface area contributed by atoms with Crippen molar-refractivity contribution >= 4 is 27.3 Å². The number of ether oxygens (including phenoxy) is 1. The van der Waals surface area contributed by atoms with Gasteiger partial charge in [-0.25, -0.2) is 17.7 Å². The maximum atomic E-state index is 12.6. The highest BCUT2D eigenvalue weighted by molar-refractivity contribution is 7.90. The minimum absolute atomic E-state index is 0.135. The van der Waals surface area contributed by atoms with Crippen molar-refractivity contribution in [3.05, 3.63) is 16.1 Å². The molecule has 3 atom stereocenters. The van der Waals surface area contributed by atoms with Gasteiger partial charge in [0.1, 0.15) is 16.5 Å². The molecule has 0 aliphatic carbocycles. The average Bonchev–Trinajstić information content (AvgIpc) is 3.03. The minimum Gasteiger partial charge on any atom is -0.365 e. The fourth-order valence-electron chi connectivity index (χ4n) is 3.84. The topological polar surface area (TPSA) is 79.8 Å². The second-order valence-electron chi connectivity index (χ2n) is 6.27. The van der Waals surface area contributed by atoms with Gasteiger partial charge in [-0.3, -0.25) is 4.79 Å². The van der Waals surface area contributed by atoms with E-state index in [0.717, 1.165) is 5.01 Å². The van der Waals surface area contributed by atoms with Crippen molar-refractivity contribution in [2.45, 2.75) is 30.3 Å². The molecule has 7 nitrogen and oxygen atoms in total. The second kappa shape index (κ2) is 4.50. The third-order valence-electron chi connectivity index (χ3n) is 4.76. The number of rotatable bonds is 1. The molecule has 120 valence electrons. The molecule has 1 spiro atoms. The molecule has 2 bridgehead atoms. The lowest BCUT2D eigenvalue weighted by Crippen LogP contribution is -2.56. The van der Waals surface area contributed by atoms with Crippen LogP contribution in [0.3, 0.4) is 0 Å². The summed E-state index contributed by atoms with van der Waals surface area (Å²) < 4.78 is 32.1. The minimum atomic E-state index is -3.32. The van der Waals surface area contributed by atoms with Crippen molar-refractivity contribution in [1.82, 2.24) is 14.2 Å². The van der Waals surface area contributed by atoms with Gasteiger partial charge < -0.3 is 9.64 Å². The number of fused-ring (bicyclic) bond motifs is 1. The predicted molar refractivity (Wildman–Crippen MR) is 80.3 cm³/mol. The standard InChI is InChI=1S/C13H17N3O4S2/c1-8-14-10(5-21-8)12(17)16-4-9-3-11-13(7-16,20-9)6-15(2)22(11,18)19/h5,9,11H,3-4,6-7H2,1-2H3/t9-,11+,13-/m1/s1. The van der Waals surface area contributed by atoms with E-state index in [1.807, 2.05) is 6.92 Å². The first-order valence-electron chi connectivity index (χ1n) is 7.16. The Balaban J connectivity index is 1.64. The van der Waals surface area contributed by atoms with Gasteiger partial charge in [-0.2, -0.15) is 0 Å². The molecule has 0 aromatic carbocycles. The maximum Gasteiger partial charge on any atom is 0.273 e. The highest BCUT2D eigenvalue weighted by Gasteiger charge is 2.64. The first-order chi connectivity index (χ1) is 10.3. The molecule has 0 radical (unpaired) electrons. The summed E-state index contributed by atoms with van der Waals surface area (Å²) in [6.45, 7) is 2.92. The van der Waals surface area contributed by atoms with Crippen LogP contribution in [0.1, 0.15) is 21.9 Å². The highest BCUT2D eigenvalue weighted by Crippen LogP contribution is 2.46. The number of morpholine rings is 1. The number of sulfonamides is 1. The van der Waals surface area contributed by atoms with E-state index in [9.17, 15) is 13.2 Å². The molecule has 4 rings (SSSR count). The van der Waals surface area contributed by atoms with Gasteiger partial charge in [-0.1, -0.05) is 0 Å². The summed E-state index contributed by atoms with van der Waals surface area (Å²) in [5, 5.41) is 2.06. The first kappa shape index (κ1) is 14.6. The van der Waals surface area contributed by atoms with Crippen LogP contribution in [0.5, 0.6) is 0 Å². The van der Waals surface area contributed by atoms with Gasteiger partial charge in [0.25, 0.3) is 5.91 Å². The molecule has 9 heteroatoms. The SMILES string of the molecule is Cc1nc(C(=O)N2C[C@H]3C[C@H]4[C@](C2)(CN(C)S4(=O)=O)O3)cs1. The number of amides is 1. The number of thiazole rings is 1. The van der Waals surface area contributed by atoms with E-state index in [1.54, 1.807) is 17.3 Å². The molecule has 1 amide bonds. The van der Waals surface area contributed by atoms with E-state index in [-0.39, 0.29) is 12.0 Å². The van der Waals surface area contributed by atoms with Crippen LogP contribution in [0.15, 0.2) is 5.38 Å². The Morgan fingerprint density at radius 1 is 1.50 bits per heavy atom. The fourth-order valence-corrected chi connectivity index (χ4v) is 6.46. The summed E-state index contributed by atoms with van der Waals surface area (Å²) in [7, 11) is -1.74. The maximum absolute atomic E-state index is 12.6. The van der Waals surface area contributed by atoms with Crippen molar-refractivity contribution < 1.29 is 17.9 Å². The predicted octanol–water partition coefficient (Wildman–Crippen LogP) is 0.0788. The molecular formula is C13H17N3O4S2. The van der Waals surface area contributed by atoms with Crippen LogP contribution >= 0.6 is 11.3 Å². The van der Waals surface area contributed by atoms with E-state index < -0.39 is 20.9 Å². The van der Waals surface area contributed by atoms with Crippen LogP contribution in [0.25, 0.3) is 0 Å². The monoisotopic (exact) mass is 343 g/mol. The van der Waals surface area contributed by atoms with E-state index in [1.165, 1.54) is 15.6 Å². The van der Waals surface area contributed by atoms with E-state index in [2.05, 4.69) is 4.98 Å². The van der Waals surface area contributed by atoms with Crippen LogP contribution in [-0.4, -0.2) is 72.2 Å². The summed E-state index contributed by atoms with van der Waals surface area (Å²) in [5.74, 6) is -0.135. The van der Waals surface area contributed by atoms with Crippen molar-refractivity contribution in [3.63, 3.8) is 0 Å². The summed E-state index contributed by atoms with van der Waals surface area (Å²) in [6.07, 6.45) is 0.262. The molecule has 0 saturated carbocycles. The average molecular weight is 343 g/mol. The number of likely N-dealkylation sites (N-methyl/N-ethyl adjacent to an activating group) is 1. The van der Waals surface area contributed by atoms with Gasteiger partial charge in [-0.15, -0.1) is 11.3 Å². The summed E-state index contributed by atoms with van der Waals surface area (Å²) in [6, 6.07) is 0. The lowest BCUT2D eigenvalue weighted by molar-refractivity contribution is -0.0967.